The van der Waals surface area contributed by atoms with Crippen molar-refractivity contribution >= 4 is 21.6 Å². The van der Waals surface area contributed by atoms with Gasteiger partial charge in [-0.05, 0) is 19.4 Å². The van der Waals surface area contributed by atoms with Crippen molar-refractivity contribution < 1.29 is 9.30 Å². The lowest BCUT2D eigenvalue weighted by Gasteiger charge is -2.02. The molecule has 1 aromatic heterocycles. The minimum absolute atomic E-state index is 0.979. The molecule has 0 amide bonds. The molecule has 0 saturated carbocycles. The van der Waals surface area contributed by atoms with Gasteiger partial charge in [-0.25, -0.2) is 0 Å². The fraction of sp³-hybridized carbons (Fsp3) is 0.417. The lowest BCUT2D eigenvalue weighted by molar-refractivity contribution is -0.669. The minimum atomic E-state index is 0.979. The lowest BCUT2D eigenvalue weighted by Crippen LogP contribution is -2.33. The summed E-state index contributed by atoms with van der Waals surface area (Å²) in [5.41, 5.74) is 2.52. The Labute approximate surface area is 94.1 Å². The summed E-state index contributed by atoms with van der Waals surface area (Å²) in [6.45, 7) is 7.46. The van der Waals surface area contributed by atoms with E-state index in [0.29, 0.717) is 0 Å². The smallest absolute Gasteiger partial charge is 0.235 e. The molecule has 1 heterocycles. The van der Waals surface area contributed by atoms with Crippen LogP contribution in [0.25, 0.3) is 10.2 Å². The van der Waals surface area contributed by atoms with E-state index in [4.69, 9.17) is 4.74 Å². The number of hydrogen-bond acceptors (Lipinski definition) is 2. The van der Waals surface area contributed by atoms with E-state index < -0.39 is 0 Å². The molecule has 0 aliphatic rings. The fourth-order valence-electron chi connectivity index (χ4n) is 1.94. The van der Waals surface area contributed by atoms with E-state index in [1.54, 1.807) is 7.11 Å². The van der Waals surface area contributed by atoms with Crippen LogP contribution in [0.2, 0.25) is 0 Å². The molecule has 0 N–H and O–H groups in total. The van der Waals surface area contributed by atoms with Gasteiger partial charge in [0.15, 0.2) is 0 Å². The van der Waals surface area contributed by atoms with Crippen LogP contribution >= 0.6 is 11.3 Å². The highest BCUT2D eigenvalue weighted by atomic mass is 32.1. The van der Waals surface area contributed by atoms with E-state index in [9.17, 15) is 0 Å². The van der Waals surface area contributed by atoms with Crippen LogP contribution in [0.1, 0.15) is 17.5 Å². The molecular formula is C12H16NOS+. The molecule has 0 saturated heterocycles. The molecule has 0 radical (unpaired) electrons. The standard InChI is InChI=1S/C12H16NOS/c1-5-13-9(3)15-12-7-11(14-4)8(2)6-10(12)13/h6-7H,5H2,1-4H3/q+1. The number of aryl methyl sites for hydroxylation is 3. The van der Waals surface area contributed by atoms with Crippen molar-refractivity contribution in [3.8, 4) is 5.75 Å². The first-order valence-corrected chi connectivity index (χ1v) is 5.96. The Morgan fingerprint density at radius 3 is 2.67 bits per heavy atom. The van der Waals surface area contributed by atoms with Crippen LogP contribution in [0.15, 0.2) is 12.1 Å². The minimum Gasteiger partial charge on any atom is -0.496 e. The Hall–Kier alpha value is -1.09. The molecule has 0 fully saturated rings. The average Bonchev–Trinajstić information content (AvgIpc) is 2.51. The monoisotopic (exact) mass is 222 g/mol. The zero-order chi connectivity index (χ0) is 11.0. The first-order valence-electron chi connectivity index (χ1n) is 5.15. The molecular weight excluding hydrogens is 206 g/mol. The van der Waals surface area contributed by atoms with Gasteiger partial charge in [-0.1, -0.05) is 11.3 Å². The Kier molecular flexibility index (Phi) is 2.65. The second-order valence-corrected chi connectivity index (χ2v) is 4.89. The van der Waals surface area contributed by atoms with E-state index in [-0.39, 0.29) is 0 Å². The Balaban J connectivity index is 2.75. The highest BCUT2D eigenvalue weighted by Gasteiger charge is 2.17. The van der Waals surface area contributed by atoms with Gasteiger partial charge in [0.2, 0.25) is 10.5 Å². The van der Waals surface area contributed by atoms with Gasteiger partial charge in [-0.3, -0.25) is 0 Å². The van der Waals surface area contributed by atoms with Crippen LogP contribution in [0.3, 0.4) is 0 Å². The van der Waals surface area contributed by atoms with Crippen molar-refractivity contribution in [3.05, 3.63) is 22.7 Å². The molecule has 0 aliphatic heterocycles. The van der Waals surface area contributed by atoms with Crippen molar-refractivity contribution in [1.82, 2.24) is 0 Å². The van der Waals surface area contributed by atoms with Crippen molar-refractivity contribution in [2.24, 2.45) is 0 Å². The maximum absolute atomic E-state index is 5.33. The Bertz CT molecular complexity index is 502. The van der Waals surface area contributed by atoms with Crippen LogP contribution in [0.5, 0.6) is 5.75 Å². The van der Waals surface area contributed by atoms with Crippen LogP contribution in [0, 0.1) is 13.8 Å². The SMILES string of the molecule is CC[n+]1c(C)sc2cc(OC)c(C)cc21. The van der Waals surface area contributed by atoms with E-state index in [1.807, 2.05) is 11.3 Å². The van der Waals surface area contributed by atoms with Crippen LogP contribution in [-0.4, -0.2) is 7.11 Å². The topological polar surface area (TPSA) is 13.1 Å². The van der Waals surface area contributed by atoms with E-state index in [2.05, 4.69) is 37.5 Å². The first kappa shape index (κ1) is 10.4. The zero-order valence-corrected chi connectivity index (χ0v) is 10.4. The molecule has 0 atom stereocenters. The third-order valence-corrected chi connectivity index (χ3v) is 3.78. The number of thiazole rings is 1. The molecule has 0 unspecified atom stereocenters. The van der Waals surface area contributed by atoms with Crippen molar-refractivity contribution in [3.63, 3.8) is 0 Å². The summed E-state index contributed by atoms with van der Waals surface area (Å²) >= 11 is 1.82. The van der Waals surface area contributed by atoms with E-state index >= 15 is 0 Å². The normalized spacial score (nSPS) is 10.9. The molecule has 0 spiro atoms. The Morgan fingerprint density at radius 1 is 1.33 bits per heavy atom. The molecule has 0 bridgehead atoms. The van der Waals surface area contributed by atoms with Crippen LogP contribution in [-0.2, 0) is 6.54 Å². The van der Waals surface area contributed by atoms with Gasteiger partial charge in [0.05, 0.1) is 7.11 Å². The second kappa shape index (κ2) is 3.81. The highest BCUT2D eigenvalue weighted by molar-refractivity contribution is 7.18. The van der Waals surface area contributed by atoms with Gasteiger partial charge in [0.1, 0.15) is 17.0 Å². The van der Waals surface area contributed by atoms with Crippen molar-refractivity contribution in [1.29, 1.82) is 0 Å². The molecule has 2 rings (SSSR count). The summed E-state index contributed by atoms with van der Waals surface area (Å²) in [6.07, 6.45) is 0. The third-order valence-electron chi connectivity index (χ3n) is 2.72. The van der Waals surface area contributed by atoms with Gasteiger partial charge in [0, 0.05) is 19.1 Å². The lowest BCUT2D eigenvalue weighted by atomic mass is 10.2. The van der Waals surface area contributed by atoms with Gasteiger partial charge >= 0.3 is 0 Å². The van der Waals surface area contributed by atoms with Gasteiger partial charge in [-0.2, -0.15) is 4.57 Å². The average molecular weight is 222 g/mol. The number of fused-ring (bicyclic) bond motifs is 1. The zero-order valence-electron chi connectivity index (χ0n) is 9.63. The summed E-state index contributed by atoms with van der Waals surface area (Å²) in [5, 5.41) is 1.35. The Morgan fingerprint density at radius 2 is 2.07 bits per heavy atom. The quantitative estimate of drug-likeness (QED) is 0.712. The summed E-state index contributed by atoms with van der Waals surface area (Å²) in [6, 6.07) is 4.34. The number of ether oxygens (including phenoxy) is 1. The summed E-state index contributed by atoms with van der Waals surface area (Å²) in [5.74, 6) is 0.979. The molecule has 15 heavy (non-hydrogen) atoms. The van der Waals surface area contributed by atoms with Gasteiger partial charge < -0.3 is 4.74 Å². The summed E-state index contributed by atoms with van der Waals surface area (Å²) in [4.78, 5) is 0. The predicted octanol–water partition coefficient (Wildman–Crippen LogP) is 2.83. The van der Waals surface area contributed by atoms with E-state index in [0.717, 1.165) is 12.3 Å². The summed E-state index contributed by atoms with van der Waals surface area (Å²) < 4.78 is 8.98. The molecule has 0 aliphatic carbocycles. The molecule has 2 nitrogen and oxygen atoms in total. The fourth-order valence-corrected chi connectivity index (χ4v) is 3.04. The number of rotatable bonds is 2. The number of hydrogen-bond donors (Lipinski definition) is 0. The highest BCUT2D eigenvalue weighted by Crippen LogP contribution is 2.28. The third kappa shape index (κ3) is 1.61. The van der Waals surface area contributed by atoms with Crippen molar-refractivity contribution in [2.45, 2.75) is 27.3 Å². The maximum atomic E-state index is 5.33. The van der Waals surface area contributed by atoms with Crippen LogP contribution < -0.4 is 9.30 Å². The number of aromatic nitrogens is 1. The number of benzene rings is 1. The molecule has 1 aromatic carbocycles. The largest absolute Gasteiger partial charge is 0.496 e. The van der Waals surface area contributed by atoms with Gasteiger partial charge in [0.25, 0.3) is 0 Å². The van der Waals surface area contributed by atoms with Crippen LogP contribution in [0.4, 0.5) is 0 Å². The second-order valence-electron chi connectivity index (χ2n) is 3.65. The number of methoxy groups -OCH3 is 1. The first-order chi connectivity index (χ1) is 7.17. The maximum Gasteiger partial charge on any atom is 0.235 e. The predicted molar refractivity (Wildman–Crippen MR) is 63.7 cm³/mol. The van der Waals surface area contributed by atoms with E-state index in [1.165, 1.54) is 20.8 Å². The summed E-state index contributed by atoms with van der Waals surface area (Å²) in [7, 11) is 1.72. The number of nitrogens with zero attached hydrogens (tertiary/aromatic N) is 1. The van der Waals surface area contributed by atoms with Gasteiger partial charge in [-0.15, -0.1) is 0 Å². The molecule has 2 aromatic rings. The van der Waals surface area contributed by atoms with Crippen molar-refractivity contribution in [2.75, 3.05) is 7.11 Å². The molecule has 80 valence electrons. The molecule has 3 heteroatoms.